The van der Waals surface area contributed by atoms with Gasteiger partial charge in [0.25, 0.3) is 0 Å². The van der Waals surface area contributed by atoms with Gasteiger partial charge in [-0.25, -0.2) is 18.2 Å². The number of aryl methyl sites for hydroxylation is 1. The number of carbonyl (C=O) groups is 1. The number of piperazine rings is 1. The number of hydrogen-bond acceptors (Lipinski definition) is 6. The van der Waals surface area contributed by atoms with Gasteiger partial charge in [-0.05, 0) is 0 Å². The van der Waals surface area contributed by atoms with E-state index in [0.717, 1.165) is 5.69 Å². The Bertz CT molecular complexity index is 699. The third-order valence-corrected chi connectivity index (χ3v) is 6.15. The molecule has 0 saturated carbocycles. The zero-order valence-electron chi connectivity index (χ0n) is 13.6. The summed E-state index contributed by atoms with van der Waals surface area (Å²) in [5.41, 5.74) is 0.790. The Balaban J connectivity index is 1.82. The van der Waals surface area contributed by atoms with Gasteiger partial charge in [-0.15, -0.1) is 0 Å². The van der Waals surface area contributed by atoms with E-state index in [4.69, 9.17) is 4.42 Å². The molecule has 8 nitrogen and oxygen atoms in total. The van der Waals surface area contributed by atoms with Gasteiger partial charge in [-0.2, -0.15) is 0 Å². The van der Waals surface area contributed by atoms with Crippen LogP contribution < -0.4 is 0 Å². The average Bonchev–Trinajstić information content (AvgIpc) is 3.00. The summed E-state index contributed by atoms with van der Waals surface area (Å²) >= 11 is 0. The first-order valence-electron chi connectivity index (χ1n) is 7.60. The van der Waals surface area contributed by atoms with Gasteiger partial charge >= 0.3 is 6.03 Å². The van der Waals surface area contributed by atoms with Crippen molar-refractivity contribution in [1.29, 1.82) is 0 Å². The van der Waals surface area contributed by atoms with Crippen LogP contribution in [0.2, 0.25) is 0 Å². The molecule has 1 aromatic rings. The fourth-order valence-electron chi connectivity index (χ4n) is 3.40. The highest BCUT2D eigenvalue weighted by Gasteiger charge is 2.48. The maximum absolute atomic E-state index is 12.3. The molecule has 0 aliphatic carbocycles. The number of oxazole rings is 1. The van der Waals surface area contributed by atoms with Crippen LogP contribution >= 0.6 is 0 Å². The van der Waals surface area contributed by atoms with Crippen molar-refractivity contribution in [3.8, 4) is 0 Å². The summed E-state index contributed by atoms with van der Waals surface area (Å²) in [6, 6.07) is -0.611. The van der Waals surface area contributed by atoms with E-state index in [1.165, 1.54) is 4.90 Å². The lowest BCUT2D eigenvalue weighted by atomic mass is 10.0. The fourth-order valence-corrected chi connectivity index (χ4v) is 5.42. The van der Waals surface area contributed by atoms with Crippen molar-refractivity contribution in [1.82, 2.24) is 19.7 Å². The van der Waals surface area contributed by atoms with E-state index in [1.54, 1.807) is 32.2 Å². The van der Waals surface area contributed by atoms with Crippen molar-refractivity contribution >= 4 is 15.9 Å². The minimum Gasteiger partial charge on any atom is -0.449 e. The molecule has 2 amide bonds. The molecular weight excluding hydrogens is 320 g/mol. The van der Waals surface area contributed by atoms with Gasteiger partial charge in [0.1, 0.15) is 6.26 Å². The van der Waals surface area contributed by atoms with E-state index in [1.807, 2.05) is 0 Å². The van der Waals surface area contributed by atoms with Crippen LogP contribution in [0.5, 0.6) is 0 Å². The first-order valence-corrected chi connectivity index (χ1v) is 9.42. The summed E-state index contributed by atoms with van der Waals surface area (Å²) in [6.45, 7) is 3.46. The molecule has 9 heteroatoms. The monoisotopic (exact) mass is 342 g/mol. The lowest BCUT2D eigenvalue weighted by Crippen LogP contribution is -2.61. The molecular formula is C14H22N4O4S. The Labute approximate surface area is 136 Å². The predicted molar refractivity (Wildman–Crippen MR) is 83.7 cm³/mol. The van der Waals surface area contributed by atoms with Crippen LogP contribution in [-0.4, -0.2) is 84.9 Å². The molecule has 3 heterocycles. The average molecular weight is 342 g/mol. The van der Waals surface area contributed by atoms with Crippen LogP contribution in [0.3, 0.4) is 0 Å². The molecule has 2 aliphatic heterocycles. The summed E-state index contributed by atoms with van der Waals surface area (Å²) in [7, 11) is 0.233. The number of hydrogen-bond donors (Lipinski definition) is 0. The molecule has 0 bridgehead atoms. The second-order valence-electron chi connectivity index (χ2n) is 6.41. The molecule has 23 heavy (non-hydrogen) atoms. The van der Waals surface area contributed by atoms with Gasteiger partial charge in [0.05, 0.1) is 23.2 Å². The van der Waals surface area contributed by atoms with Gasteiger partial charge in [0, 0.05) is 46.7 Å². The largest absolute Gasteiger partial charge is 0.449 e. The van der Waals surface area contributed by atoms with Crippen LogP contribution in [0.1, 0.15) is 11.6 Å². The van der Waals surface area contributed by atoms with E-state index in [-0.39, 0.29) is 29.6 Å². The topological polar surface area (TPSA) is 87.0 Å². The van der Waals surface area contributed by atoms with Crippen molar-refractivity contribution in [2.24, 2.45) is 0 Å². The van der Waals surface area contributed by atoms with E-state index < -0.39 is 9.84 Å². The van der Waals surface area contributed by atoms with E-state index >= 15 is 0 Å². The van der Waals surface area contributed by atoms with Crippen LogP contribution in [0.4, 0.5) is 4.79 Å². The molecule has 128 valence electrons. The first-order chi connectivity index (χ1) is 10.8. The Morgan fingerprint density at radius 3 is 2.65 bits per heavy atom. The highest BCUT2D eigenvalue weighted by atomic mass is 32.2. The molecule has 2 atom stereocenters. The van der Waals surface area contributed by atoms with E-state index in [9.17, 15) is 13.2 Å². The molecule has 0 spiro atoms. The molecule has 1 aromatic heterocycles. The maximum atomic E-state index is 12.3. The Morgan fingerprint density at radius 1 is 1.35 bits per heavy atom. The molecule has 0 N–H and O–H groups in total. The third kappa shape index (κ3) is 3.20. The van der Waals surface area contributed by atoms with Gasteiger partial charge < -0.3 is 14.2 Å². The van der Waals surface area contributed by atoms with Crippen molar-refractivity contribution in [3.05, 3.63) is 17.8 Å². The Hall–Kier alpha value is -1.61. The highest BCUT2D eigenvalue weighted by Crippen LogP contribution is 2.28. The van der Waals surface area contributed by atoms with Gasteiger partial charge in [0.2, 0.25) is 0 Å². The molecule has 0 radical (unpaired) electrons. The summed E-state index contributed by atoms with van der Waals surface area (Å²) in [5.74, 6) is 0.717. The van der Waals surface area contributed by atoms with Crippen molar-refractivity contribution < 1.29 is 17.6 Å². The lowest BCUT2D eigenvalue weighted by molar-refractivity contribution is 0.0513. The summed E-state index contributed by atoms with van der Waals surface area (Å²) < 4.78 is 29.5. The summed E-state index contributed by atoms with van der Waals surface area (Å²) in [4.78, 5) is 21.9. The molecule has 2 fully saturated rings. The number of fused-ring (bicyclic) bond motifs is 1. The van der Waals surface area contributed by atoms with Crippen molar-refractivity contribution in [3.63, 3.8) is 0 Å². The number of rotatable bonds is 2. The third-order valence-electron chi connectivity index (χ3n) is 4.45. The smallest absolute Gasteiger partial charge is 0.319 e. The predicted octanol–water partition coefficient (Wildman–Crippen LogP) is -0.0522. The van der Waals surface area contributed by atoms with Gasteiger partial charge in [-0.1, -0.05) is 0 Å². The second kappa shape index (κ2) is 5.79. The van der Waals surface area contributed by atoms with E-state index in [2.05, 4.69) is 9.88 Å². The van der Waals surface area contributed by atoms with Gasteiger partial charge in [-0.3, -0.25) is 4.90 Å². The zero-order chi connectivity index (χ0) is 16.8. The summed E-state index contributed by atoms with van der Waals surface area (Å²) in [5, 5.41) is 0. The van der Waals surface area contributed by atoms with Crippen LogP contribution in [0.15, 0.2) is 10.7 Å². The summed E-state index contributed by atoms with van der Waals surface area (Å²) in [6.07, 6.45) is 1.60. The fraction of sp³-hybridized carbons (Fsp3) is 0.714. The Morgan fingerprint density at radius 2 is 2.04 bits per heavy atom. The zero-order valence-corrected chi connectivity index (χ0v) is 14.4. The minimum atomic E-state index is -3.14. The van der Waals surface area contributed by atoms with Crippen LogP contribution in [0, 0.1) is 6.92 Å². The molecule has 2 saturated heterocycles. The highest BCUT2D eigenvalue weighted by molar-refractivity contribution is 7.91. The quantitative estimate of drug-likeness (QED) is 0.749. The van der Waals surface area contributed by atoms with Gasteiger partial charge in [0.15, 0.2) is 15.7 Å². The number of amides is 2. The minimum absolute atomic E-state index is 0.0333. The SMILES string of the molecule is Cc1nc(CN2CCN(C(=O)N(C)C)C3CS(=O)(=O)CC32)co1. The number of carbonyl (C=O) groups excluding carboxylic acids is 1. The number of aromatic nitrogens is 1. The maximum Gasteiger partial charge on any atom is 0.319 e. The van der Waals surface area contributed by atoms with Crippen molar-refractivity contribution in [2.75, 3.05) is 38.7 Å². The lowest BCUT2D eigenvalue weighted by Gasteiger charge is -2.44. The van der Waals surface area contributed by atoms with Crippen LogP contribution in [0.25, 0.3) is 0 Å². The molecule has 2 aliphatic rings. The van der Waals surface area contributed by atoms with E-state index in [0.29, 0.717) is 25.5 Å². The molecule has 0 aromatic carbocycles. The Kier molecular flexibility index (Phi) is 4.09. The molecule has 3 rings (SSSR count). The standard InChI is InChI=1S/C14H22N4O4S/c1-10-15-11(7-22-10)6-17-4-5-18(14(19)16(2)3)13-9-23(20,21)8-12(13)17/h7,12-13H,4-6,8-9H2,1-3H3. The number of sulfone groups is 1. The first kappa shape index (κ1) is 16.3. The normalized spacial score (nSPS) is 27.0. The van der Waals surface area contributed by atoms with Crippen LogP contribution in [-0.2, 0) is 16.4 Å². The number of urea groups is 1. The second-order valence-corrected chi connectivity index (χ2v) is 8.56. The van der Waals surface area contributed by atoms with Crippen molar-refractivity contribution in [2.45, 2.75) is 25.6 Å². The molecule has 2 unspecified atom stereocenters. The number of nitrogens with zero attached hydrogens (tertiary/aromatic N) is 4.